The summed E-state index contributed by atoms with van der Waals surface area (Å²) in [6.07, 6.45) is 3.13. The summed E-state index contributed by atoms with van der Waals surface area (Å²) >= 11 is 0. The molecule has 2 aromatic carbocycles. The highest BCUT2D eigenvalue weighted by molar-refractivity contribution is 7.85. The Balaban J connectivity index is 1.95. The standard InChI is InChI=1S/C22H26N4O5S/c1-5-6-7-16-13-20(31-4)19(12-14(16)2)23-24-21-15(3)25-26(22(21)27)17-8-10-18(11-9-17)32(28,29)30/h8-13,25H,5-7H2,1-4H3,(H,28,29,30). The predicted octanol–water partition coefficient (Wildman–Crippen LogP) is 4.80. The fourth-order valence-electron chi connectivity index (χ4n) is 3.30. The minimum atomic E-state index is -4.32. The number of aromatic nitrogens is 2. The highest BCUT2D eigenvalue weighted by Gasteiger charge is 2.15. The smallest absolute Gasteiger partial charge is 0.299 e. The van der Waals surface area contributed by atoms with Crippen LogP contribution in [0, 0.1) is 13.8 Å². The zero-order chi connectivity index (χ0) is 23.5. The third-order valence-electron chi connectivity index (χ3n) is 5.13. The molecule has 3 aromatic rings. The minimum Gasteiger partial charge on any atom is -0.494 e. The fraction of sp³-hybridized carbons (Fsp3) is 0.318. The summed E-state index contributed by atoms with van der Waals surface area (Å²) in [5, 5.41) is 11.3. The van der Waals surface area contributed by atoms with Crippen molar-refractivity contribution < 1.29 is 17.7 Å². The Morgan fingerprint density at radius 1 is 1.12 bits per heavy atom. The van der Waals surface area contributed by atoms with Gasteiger partial charge in [-0.1, -0.05) is 13.3 Å². The second-order valence-electron chi connectivity index (χ2n) is 7.45. The van der Waals surface area contributed by atoms with Gasteiger partial charge in [0.25, 0.3) is 15.7 Å². The van der Waals surface area contributed by atoms with E-state index in [0.29, 0.717) is 22.8 Å². The number of hydrogen-bond acceptors (Lipinski definition) is 6. The largest absolute Gasteiger partial charge is 0.494 e. The zero-order valence-corrected chi connectivity index (χ0v) is 19.2. The molecular formula is C22H26N4O5S. The number of azo groups is 1. The molecule has 0 aliphatic carbocycles. The first kappa shape index (κ1) is 23.4. The van der Waals surface area contributed by atoms with Crippen LogP contribution in [-0.2, 0) is 16.5 Å². The van der Waals surface area contributed by atoms with Crippen LogP contribution in [0.15, 0.2) is 56.3 Å². The Bertz CT molecular complexity index is 1310. The normalized spacial score (nSPS) is 11.9. The van der Waals surface area contributed by atoms with Gasteiger partial charge in [0.2, 0.25) is 0 Å². The Kier molecular flexibility index (Phi) is 6.95. The van der Waals surface area contributed by atoms with Crippen molar-refractivity contribution in [1.29, 1.82) is 0 Å². The Morgan fingerprint density at radius 2 is 1.81 bits per heavy atom. The van der Waals surface area contributed by atoms with Gasteiger partial charge in [-0.15, -0.1) is 10.2 Å². The van der Waals surface area contributed by atoms with Gasteiger partial charge in [-0.3, -0.25) is 14.4 Å². The number of unbranched alkanes of at least 4 members (excludes halogenated alkanes) is 1. The summed E-state index contributed by atoms with van der Waals surface area (Å²) in [7, 11) is -2.75. The quantitative estimate of drug-likeness (QED) is 0.370. The molecule has 0 aliphatic rings. The van der Waals surface area contributed by atoms with Crippen LogP contribution >= 0.6 is 0 Å². The van der Waals surface area contributed by atoms with Crippen LogP contribution in [0.25, 0.3) is 5.69 Å². The van der Waals surface area contributed by atoms with Gasteiger partial charge < -0.3 is 4.74 Å². The van der Waals surface area contributed by atoms with Gasteiger partial charge in [-0.05, 0) is 74.2 Å². The van der Waals surface area contributed by atoms with Crippen molar-refractivity contribution in [2.75, 3.05) is 7.11 Å². The molecule has 0 radical (unpaired) electrons. The van der Waals surface area contributed by atoms with Gasteiger partial charge in [0.1, 0.15) is 11.4 Å². The number of nitrogens with zero attached hydrogens (tertiary/aromatic N) is 3. The highest BCUT2D eigenvalue weighted by Crippen LogP contribution is 2.33. The first-order valence-electron chi connectivity index (χ1n) is 10.1. The minimum absolute atomic E-state index is 0.124. The lowest BCUT2D eigenvalue weighted by Gasteiger charge is -2.10. The number of aromatic amines is 1. The van der Waals surface area contributed by atoms with Crippen LogP contribution in [0.3, 0.4) is 0 Å². The highest BCUT2D eigenvalue weighted by atomic mass is 32.2. The van der Waals surface area contributed by atoms with E-state index in [9.17, 15) is 13.2 Å². The van der Waals surface area contributed by atoms with Gasteiger partial charge in [-0.25, -0.2) is 4.68 Å². The van der Waals surface area contributed by atoms with E-state index in [0.717, 1.165) is 24.8 Å². The van der Waals surface area contributed by atoms with Gasteiger partial charge in [0, 0.05) is 0 Å². The molecule has 0 saturated heterocycles. The Morgan fingerprint density at radius 3 is 2.41 bits per heavy atom. The second-order valence-corrected chi connectivity index (χ2v) is 8.87. The molecule has 0 unspecified atom stereocenters. The molecule has 0 fully saturated rings. The molecule has 0 spiro atoms. The first-order valence-corrected chi connectivity index (χ1v) is 11.6. The molecule has 10 heteroatoms. The molecule has 9 nitrogen and oxygen atoms in total. The molecule has 1 heterocycles. The number of benzene rings is 2. The number of hydrogen-bond donors (Lipinski definition) is 2. The molecule has 3 rings (SSSR count). The van der Waals surface area contributed by atoms with Crippen molar-refractivity contribution in [2.24, 2.45) is 10.2 Å². The number of ether oxygens (including phenoxy) is 1. The van der Waals surface area contributed by atoms with E-state index in [1.165, 1.54) is 34.5 Å². The summed E-state index contributed by atoms with van der Waals surface area (Å²) < 4.78 is 38.2. The lowest BCUT2D eigenvalue weighted by Crippen LogP contribution is -2.14. The van der Waals surface area contributed by atoms with Crippen LogP contribution in [0.1, 0.15) is 36.6 Å². The number of rotatable bonds is 8. The van der Waals surface area contributed by atoms with E-state index in [1.807, 2.05) is 19.1 Å². The van der Waals surface area contributed by atoms with Gasteiger partial charge >= 0.3 is 0 Å². The van der Waals surface area contributed by atoms with Crippen LogP contribution in [0.4, 0.5) is 11.4 Å². The van der Waals surface area contributed by atoms with Crippen molar-refractivity contribution in [2.45, 2.75) is 44.9 Å². The number of methoxy groups -OCH3 is 1. The third kappa shape index (κ3) is 4.97. The summed E-state index contributed by atoms with van der Waals surface area (Å²) in [5.74, 6) is 0.583. The molecule has 0 atom stereocenters. The topological polar surface area (TPSA) is 126 Å². The molecule has 0 saturated carbocycles. The average Bonchev–Trinajstić information content (AvgIpc) is 3.04. The SMILES string of the molecule is CCCCc1cc(OC)c(N=Nc2c(C)[nH]n(-c3ccc(S(=O)(=O)O)cc3)c2=O)cc1C. The van der Waals surface area contributed by atoms with Crippen molar-refractivity contribution >= 4 is 21.5 Å². The van der Waals surface area contributed by atoms with Crippen molar-refractivity contribution in [1.82, 2.24) is 9.78 Å². The number of nitrogens with one attached hydrogen (secondary N) is 1. The van der Waals surface area contributed by atoms with E-state index in [-0.39, 0.29) is 10.6 Å². The van der Waals surface area contributed by atoms with Crippen molar-refractivity contribution in [3.63, 3.8) is 0 Å². The van der Waals surface area contributed by atoms with E-state index < -0.39 is 15.7 Å². The van der Waals surface area contributed by atoms with E-state index >= 15 is 0 Å². The van der Waals surface area contributed by atoms with Crippen LogP contribution in [0.2, 0.25) is 0 Å². The van der Waals surface area contributed by atoms with Crippen molar-refractivity contribution in [3.8, 4) is 11.4 Å². The van der Waals surface area contributed by atoms with E-state index in [4.69, 9.17) is 9.29 Å². The monoisotopic (exact) mass is 458 g/mol. The summed E-state index contributed by atoms with van der Waals surface area (Å²) in [4.78, 5) is 12.6. The van der Waals surface area contributed by atoms with Gasteiger partial charge in [-0.2, -0.15) is 8.42 Å². The Hall–Kier alpha value is -3.24. The predicted molar refractivity (Wildman–Crippen MR) is 121 cm³/mol. The lowest BCUT2D eigenvalue weighted by molar-refractivity contribution is 0.415. The van der Waals surface area contributed by atoms with E-state index in [1.54, 1.807) is 14.0 Å². The Labute approximate surface area is 186 Å². The summed E-state index contributed by atoms with van der Waals surface area (Å²) in [5.41, 5.74) is 3.36. The summed E-state index contributed by atoms with van der Waals surface area (Å²) in [6, 6.07) is 9.08. The molecule has 0 amide bonds. The van der Waals surface area contributed by atoms with Gasteiger partial charge in [0.15, 0.2) is 5.69 Å². The molecule has 170 valence electrons. The maximum absolute atomic E-state index is 12.9. The van der Waals surface area contributed by atoms with Gasteiger partial charge in [0.05, 0.1) is 23.4 Å². The second kappa shape index (κ2) is 9.49. The van der Waals surface area contributed by atoms with E-state index in [2.05, 4.69) is 22.3 Å². The summed E-state index contributed by atoms with van der Waals surface area (Å²) in [6.45, 7) is 5.84. The molecule has 32 heavy (non-hydrogen) atoms. The zero-order valence-electron chi connectivity index (χ0n) is 18.4. The maximum atomic E-state index is 12.9. The van der Waals surface area contributed by atoms with Crippen molar-refractivity contribution in [3.05, 3.63) is 63.6 Å². The first-order chi connectivity index (χ1) is 15.2. The molecular weight excluding hydrogens is 432 g/mol. The fourth-order valence-corrected chi connectivity index (χ4v) is 3.78. The number of H-pyrrole nitrogens is 1. The number of aryl methyl sites for hydroxylation is 3. The molecule has 1 aromatic heterocycles. The maximum Gasteiger partial charge on any atom is 0.299 e. The molecule has 2 N–H and O–H groups in total. The average molecular weight is 459 g/mol. The van der Waals surface area contributed by atoms with Crippen LogP contribution < -0.4 is 10.3 Å². The lowest BCUT2D eigenvalue weighted by atomic mass is 10.0. The van der Waals surface area contributed by atoms with Crippen LogP contribution in [-0.4, -0.2) is 29.9 Å². The van der Waals surface area contributed by atoms with Crippen LogP contribution in [0.5, 0.6) is 5.75 Å². The third-order valence-corrected chi connectivity index (χ3v) is 6.00. The molecule has 0 bridgehead atoms. The molecule has 0 aliphatic heterocycles.